The lowest BCUT2D eigenvalue weighted by Crippen LogP contribution is -2.24. The Morgan fingerprint density at radius 3 is 3.15 bits per heavy atom. The maximum atomic E-state index is 12.2. The summed E-state index contributed by atoms with van der Waals surface area (Å²) in [7, 11) is 0. The molecule has 0 spiro atoms. The van der Waals surface area contributed by atoms with Crippen LogP contribution in [0.3, 0.4) is 0 Å². The fourth-order valence-electron chi connectivity index (χ4n) is 2.20. The number of fused-ring (bicyclic) bond motifs is 1. The van der Waals surface area contributed by atoms with Gasteiger partial charge in [0.15, 0.2) is 0 Å². The predicted octanol–water partition coefficient (Wildman–Crippen LogP) is 1.53. The summed E-state index contributed by atoms with van der Waals surface area (Å²) in [5.74, 6) is -0.00486. The minimum atomic E-state index is -0.0893. The van der Waals surface area contributed by atoms with Crippen LogP contribution < -0.4 is 5.32 Å². The molecule has 0 fully saturated rings. The molecule has 0 unspecified atom stereocenters. The highest BCUT2D eigenvalue weighted by molar-refractivity contribution is 8.01. The second-order valence-corrected chi connectivity index (χ2v) is 5.87. The number of aliphatic hydroxyl groups is 1. The summed E-state index contributed by atoms with van der Waals surface area (Å²) in [6.45, 7) is 0.461. The highest BCUT2D eigenvalue weighted by atomic mass is 32.2. The van der Waals surface area contributed by atoms with Crippen LogP contribution in [0.2, 0.25) is 0 Å². The first kappa shape index (κ1) is 13.2. The highest BCUT2D eigenvalue weighted by Gasteiger charge is 2.28. The molecule has 1 aromatic heterocycles. The number of hydrogen-bond acceptors (Lipinski definition) is 4. The normalized spacial score (nSPS) is 16.9. The number of anilines is 1. The molecular formula is C14H15N3O2S. The second kappa shape index (κ2) is 5.68. The van der Waals surface area contributed by atoms with Crippen molar-refractivity contribution in [2.75, 3.05) is 11.9 Å². The van der Waals surface area contributed by atoms with Gasteiger partial charge in [-0.2, -0.15) is 5.10 Å². The molecule has 1 aromatic carbocycles. The zero-order chi connectivity index (χ0) is 13.9. The molecule has 2 aromatic rings. The van der Waals surface area contributed by atoms with Gasteiger partial charge in [0, 0.05) is 11.1 Å². The SMILES string of the molecule is O=C(Nc1cnn(CCO)c1)[C@H]1Cc2ccccc2S1. The molecule has 0 bridgehead atoms. The van der Waals surface area contributed by atoms with Crippen LogP contribution in [0.15, 0.2) is 41.6 Å². The van der Waals surface area contributed by atoms with Gasteiger partial charge >= 0.3 is 0 Å². The first-order valence-corrected chi connectivity index (χ1v) is 7.33. The van der Waals surface area contributed by atoms with Crippen molar-refractivity contribution < 1.29 is 9.90 Å². The third kappa shape index (κ3) is 2.71. The number of nitrogens with one attached hydrogen (secondary N) is 1. The minimum Gasteiger partial charge on any atom is -0.394 e. The molecule has 1 amide bonds. The van der Waals surface area contributed by atoms with Gasteiger partial charge in [-0.15, -0.1) is 11.8 Å². The molecule has 104 valence electrons. The Hall–Kier alpha value is -1.79. The van der Waals surface area contributed by atoms with Crippen LogP contribution in [0, 0.1) is 0 Å². The topological polar surface area (TPSA) is 67.2 Å². The fraction of sp³-hybridized carbons (Fsp3) is 0.286. The largest absolute Gasteiger partial charge is 0.394 e. The average molecular weight is 289 g/mol. The third-order valence-electron chi connectivity index (χ3n) is 3.17. The average Bonchev–Trinajstić information content (AvgIpc) is 3.05. The molecule has 1 aliphatic heterocycles. The van der Waals surface area contributed by atoms with E-state index >= 15 is 0 Å². The van der Waals surface area contributed by atoms with Gasteiger partial charge in [0.25, 0.3) is 0 Å². The van der Waals surface area contributed by atoms with E-state index in [-0.39, 0.29) is 17.8 Å². The Bertz CT molecular complexity index is 601. The Kier molecular flexibility index (Phi) is 3.75. The molecule has 0 radical (unpaired) electrons. The number of carbonyl (C=O) groups excluding carboxylic acids is 1. The van der Waals surface area contributed by atoms with Crippen molar-refractivity contribution in [3.63, 3.8) is 0 Å². The van der Waals surface area contributed by atoms with Gasteiger partial charge in [0.1, 0.15) is 0 Å². The van der Waals surface area contributed by atoms with E-state index in [1.54, 1.807) is 28.8 Å². The molecule has 6 heteroatoms. The van der Waals surface area contributed by atoms with Crippen LogP contribution in [0.4, 0.5) is 5.69 Å². The molecule has 2 N–H and O–H groups in total. The summed E-state index contributed by atoms with van der Waals surface area (Å²) >= 11 is 1.60. The van der Waals surface area contributed by atoms with Gasteiger partial charge in [-0.25, -0.2) is 0 Å². The van der Waals surface area contributed by atoms with Gasteiger partial charge in [0.05, 0.1) is 30.3 Å². The van der Waals surface area contributed by atoms with Crippen LogP contribution >= 0.6 is 11.8 Å². The first-order valence-electron chi connectivity index (χ1n) is 6.45. The fourth-order valence-corrected chi connectivity index (χ4v) is 3.40. The summed E-state index contributed by atoms with van der Waals surface area (Å²) in [5.41, 5.74) is 1.90. The van der Waals surface area contributed by atoms with E-state index < -0.39 is 0 Å². The van der Waals surface area contributed by atoms with Crippen molar-refractivity contribution in [3.8, 4) is 0 Å². The summed E-state index contributed by atoms with van der Waals surface area (Å²) in [4.78, 5) is 13.4. The Balaban J connectivity index is 1.63. The first-order chi connectivity index (χ1) is 9.76. The Morgan fingerprint density at radius 1 is 1.50 bits per heavy atom. The van der Waals surface area contributed by atoms with Gasteiger partial charge < -0.3 is 10.4 Å². The second-order valence-electron chi connectivity index (χ2n) is 4.62. The Morgan fingerprint density at radius 2 is 2.35 bits per heavy atom. The van der Waals surface area contributed by atoms with Crippen molar-refractivity contribution in [1.29, 1.82) is 0 Å². The third-order valence-corrected chi connectivity index (χ3v) is 4.49. The number of nitrogens with zero attached hydrogens (tertiary/aromatic N) is 2. The number of amides is 1. The van der Waals surface area contributed by atoms with Crippen LogP contribution in [-0.2, 0) is 17.8 Å². The molecule has 0 saturated carbocycles. The summed E-state index contributed by atoms with van der Waals surface area (Å²) < 4.78 is 1.60. The molecule has 0 saturated heterocycles. The molecular weight excluding hydrogens is 274 g/mol. The van der Waals surface area contributed by atoms with Crippen molar-refractivity contribution in [3.05, 3.63) is 42.2 Å². The zero-order valence-electron chi connectivity index (χ0n) is 10.8. The number of rotatable bonds is 4. The van der Waals surface area contributed by atoms with Gasteiger partial charge in [0.2, 0.25) is 5.91 Å². The van der Waals surface area contributed by atoms with Crippen molar-refractivity contribution in [2.24, 2.45) is 0 Å². The number of hydrogen-bond donors (Lipinski definition) is 2. The lowest BCUT2D eigenvalue weighted by molar-refractivity contribution is -0.115. The molecule has 0 aliphatic carbocycles. The lowest BCUT2D eigenvalue weighted by atomic mass is 10.1. The van der Waals surface area contributed by atoms with E-state index in [4.69, 9.17) is 5.11 Å². The van der Waals surface area contributed by atoms with E-state index in [2.05, 4.69) is 16.5 Å². The van der Waals surface area contributed by atoms with Crippen molar-refractivity contribution in [2.45, 2.75) is 23.1 Å². The Labute approximate surface area is 121 Å². The number of aromatic nitrogens is 2. The monoisotopic (exact) mass is 289 g/mol. The maximum absolute atomic E-state index is 12.2. The van der Waals surface area contributed by atoms with Crippen molar-refractivity contribution >= 4 is 23.4 Å². The van der Waals surface area contributed by atoms with Crippen LogP contribution in [0.25, 0.3) is 0 Å². The molecule has 2 heterocycles. The smallest absolute Gasteiger partial charge is 0.238 e. The van der Waals surface area contributed by atoms with Crippen LogP contribution in [0.1, 0.15) is 5.56 Å². The van der Waals surface area contributed by atoms with Gasteiger partial charge in [-0.1, -0.05) is 18.2 Å². The summed E-state index contributed by atoms with van der Waals surface area (Å²) in [5, 5.41) is 15.7. The van der Waals surface area contributed by atoms with E-state index in [9.17, 15) is 4.79 Å². The number of aliphatic hydroxyl groups excluding tert-OH is 1. The van der Waals surface area contributed by atoms with E-state index in [0.29, 0.717) is 12.2 Å². The summed E-state index contributed by atoms with van der Waals surface area (Å²) in [6, 6.07) is 8.10. The standard InChI is InChI=1S/C14H15N3O2S/c18-6-5-17-9-11(8-15-17)16-14(19)13-7-10-3-1-2-4-12(10)20-13/h1-4,8-9,13,18H,5-7H2,(H,16,19)/t13-/m1/s1. The molecule has 5 nitrogen and oxygen atoms in total. The molecule has 3 rings (SSSR count). The quantitative estimate of drug-likeness (QED) is 0.896. The predicted molar refractivity (Wildman–Crippen MR) is 77.7 cm³/mol. The molecule has 1 atom stereocenters. The van der Waals surface area contributed by atoms with Crippen LogP contribution in [0.5, 0.6) is 0 Å². The molecule has 20 heavy (non-hydrogen) atoms. The number of benzene rings is 1. The van der Waals surface area contributed by atoms with Crippen molar-refractivity contribution in [1.82, 2.24) is 9.78 Å². The minimum absolute atomic E-state index is 0.00486. The summed E-state index contributed by atoms with van der Waals surface area (Å²) in [6.07, 6.45) is 4.08. The zero-order valence-corrected chi connectivity index (χ0v) is 11.6. The number of thioether (sulfide) groups is 1. The van der Waals surface area contributed by atoms with E-state index in [1.807, 2.05) is 18.2 Å². The van der Waals surface area contributed by atoms with Gasteiger partial charge in [-0.3, -0.25) is 9.48 Å². The van der Waals surface area contributed by atoms with Gasteiger partial charge in [-0.05, 0) is 18.1 Å². The highest BCUT2D eigenvalue weighted by Crippen LogP contribution is 2.37. The maximum Gasteiger partial charge on any atom is 0.238 e. The number of carbonyl (C=O) groups is 1. The van der Waals surface area contributed by atoms with Crippen LogP contribution in [-0.4, -0.2) is 32.7 Å². The lowest BCUT2D eigenvalue weighted by Gasteiger charge is -2.07. The molecule has 1 aliphatic rings. The van der Waals surface area contributed by atoms with E-state index in [0.717, 1.165) is 6.42 Å². The van der Waals surface area contributed by atoms with E-state index in [1.165, 1.54) is 10.5 Å².